The molecular weight excluding hydrogens is 300 g/mol. The molecule has 0 aliphatic heterocycles. The molecular formula is C21H40O3. The molecule has 142 valence electrons. The lowest BCUT2D eigenvalue weighted by molar-refractivity contribution is -0.166. The third-order valence-electron chi connectivity index (χ3n) is 4.16. The van der Waals surface area contributed by atoms with E-state index < -0.39 is 11.2 Å². The number of hydrogen-bond acceptors (Lipinski definition) is 3. The number of carbonyl (C=O) groups is 1. The summed E-state index contributed by atoms with van der Waals surface area (Å²) in [5.41, 5.74) is -1.00. The van der Waals surface area contributed by atoms with Crippen LogP contribution in [0.1, 0.15) is 98.8 Å². The third-order valence-corrected chi connectivity index (χ3v) is 4.16. The van der Waals surface area contributed by atoms with Crippen LogP contribution in [0.2, 0.25) is 0 Å². The van der Waals surface area contributed by atoms with Gasteiger partial charge in [-0.1, -0.05) is 64.4 Å². The molecule has 0 N–H and O–H groups in total. The minimum atomic E-state index is -0.601. The normalized spacial score (nSPS) is 12.2. The minimum absolute atomic E-state index is 0.122. The minimum Gasteiger partial charge on any atom is -0.457 e. The summed E-state index contributed by atoms with van der Waals surface area (Å²) in [5.74, 6) is -0.122. The molecule has 0 atom stereocenters. The average molecular weight is 341 g/mol. The molecule has 0 aliphatic rings. The molecule has 0 spiro atoms. The Morgan fingerprint density at radius 3 is 1.92 bits per heavy atom. The van der Waals surface area contributed by atoms with Crippen molar-refractivity contribution in [3.05, 3.63) is 12.7 Å². The van der Waals surface area contributed by atoms with E-state index in [0.29, 0.717) is 13.0 Å². The van der Waals surface area contributed by atoms with Gasteiger partial charge in [0.1, 0.15) is 5.60 Å². The largest absolute Gasteiger partial charge is 0.457 e. The summed E-state index contributed by atoms with van der Waals surface area (Å²) in [6, 6.07) is 0. The third kappa shape index (κ3) is 13.6. The summed E-state index contributed by atoms with van der Waals surface area (Å²) in [4.78, 5) is 12.0. The first-order valence-corrected chi connectivity index (χ1v) is 9.72. The summed E-state index contributed by atoms with van der Waals surface area (Å²) in [6.07, 6.45) is 13.5. The molecule has 0 heterocycles. The number of carbonyl (C=O) groups excluding carboxylic acids is 1. The monoisotopic (exact) mass is 340 g/mol. The Hall–Kier alpha value is -0.830. The molecule has 0 aliphatic carbocycles. The van der Waals surface area contributed by atoms with Crippen molar-refractivity contribution in [3.8, 4) is 0 Å². The molecule has 0 aromatic rings. The molecule has 0 bridgehead atoms. The van der Waals surface area contributed by atoms with Crippen LogP contribution >= 0.6 is 0 Å². The SMILES string of the molecule is C=CC(C)(C)OCC(C)(C)OC(=O)CCCCCCCCCCC. The van der Waals surface area contributed by atoms with Gasteiger partial charge in [0.2, 0.25) is 0 Å². The Bertz CT molecular complexity index is 345. The van der Waals surface area contributed by atoms with Crippen LogP contribution in [0.5, 0.6) is 0 Å². The summed E-state index contributed by atoms with van der Waals surface area (Å²) < 4.78 is 11.3. The summed E-state index contributed by atoms with van der Waals surface area (Å²) >= 11 is 0. The molecule has 0 radical (unpaired) electrons. The van der Waals surface area contributed by atoms with Gasteiger partial charge >= 0.3 is 5.97 Å². The van der Waals surface area contributed by atoms with Gasteiger partial charge in [0.15, 0.2) is 0 Å². The Morgan fingerprint density at radius 1 is 0.917 bits per heavy atom. The summed E-state index contributed by atoms with van der Waals surface area (Å²) in [5, 5.41) is 0. The van der Waals surface area contributed by atoms with Crippen LogP contribution in [0.3, 0.4) is 0 Å². The van der Waals surface area contributed by atoms with Crippen molar-refractivity contribution >= 4 is 5.97 Å². The van der Waals surface area contributed by atoms with E-state index in [1.807, 2.05) is 27.7 Å². The van der Waals surface area contributed by atoms with Gasteiger partial charge < -0.3 is 9.47 Å². The van der Waals surface area contributed by atoms with Gasteiger partial charge in [0.25, 0.3) is 0 Å². The van der Waals surface area contributed by atoms with Crippen LogP contribution in [-0.2, 0) is 14.3 Å². The number of esters is 1. The van der Waals surface area contributed by atoms with Crippen molar-refractivity contribution in [2.45, 2.75) is 110 Å². The van der Waals surface area contributed by atoms with Crippen molar-refractivity contribution in [2.24, 2.45) is 0 Å². The predicted molar refractivity (Wildman–Crippen MR) is 102 cm³/mol. The lowest BCUT2D eigenvalue weighted by Crippen LogP contribution is -2.37. The van der Waals surface area contributed by atoms with E-state index >= 15 is 0 Å². The molecule has 0 aromatic heterocycles. The van der Waals surface area contributed by atoms with Crippen LogP contribution in [0.25, 0.3) is 0 Å². The van der Waals surface area contributed by atoms with E-state index in [-0.39, 0.29) is 5.97 Å². The number of hydrogen-bond donors (Lipinski definition) is 0. The van der Waals surface area contributed by atoms with Crippen LogP contribution in [-0.4, -0.2) is 23.8 Å². The van der Waals surface area contributed by atoms with Crippen molar-refractivity contribution in [1.29, 1.82) is 0 Å². The molecule has 0 aromatic carbocycles. The van der Waals surface area contributed by atoms with Gasteiger partial charge in [-0.05, 0) is 34.1 Å². The fourth-order valence-electron chi connectivity index (χ4n) is 2.39. The second kappa shape index (κ2) is 12.5. The quantitative estimate of drug-likeness (QED) is 0.202. The van der Waals surface area contributed by atoms with E-state index in [9.17, 15) is 4.79 Å². The standard InChI is InChI=1S/C21H40O3/c1-7-9-10-11-12-13-14-15-16-17-19(22)24-21(5,6)18-23-20(3,4)8-2/h8H,2,7,9-18H2,1,3-6H3. The van der Waals surface area contributed by atoms with Crippen molar-refractivity contribution < 1.29 is 14.3 Å². The van der Waals surface area contributed by atoms with E-state index in [0.717, 1.165) is 12.8 Å². The highest BCUT2D eigenvalue weighted by Crippen LogP contribution is 2.18. The van der Waals surface area contributed by atoms with Crippen molar-refractivity contribution in [2.75, 3.05) is 6.61 Å². The van der Waals surface area contributed by atoms with Crippen LogP contribution in [0, 0.1) is 0 Å². The number of ether oxygens (including phenoxy) is 2. The summed E-state index contributed by atoms with van der Waals surface area (Å²) in [6.45, 7) is 14.0. The zero-order chi connectivity index (χ0) is 18.5. The smallest absolute Gasteiger partial charge is 0.306 e. The number of unbranched alkanes of at least 4 members (excludes halogenated alkanes) is 8. The van der Waals surface area contributed by atoms with Crippen molar-refractivity contribution in [1.82, 2.24) is 0 Å². The highest BCUT2D eigenvalue weighted by molar-refractivity contribution is 5.69. The van der Waals surface area contributed by atoms with Crippen molar-refractivity contribution in [3.63, 3.8) is 0 Å². The zero-order valence-electron chi connectivity index (χ0n) is 16.8. The van der Waals surface area contributed by atoms with Gasteiger partial charge in [-0.2, -0.15) is 0 Å². The van der Waals surface area contributed by atoms with Crippen LogP contribution in [0.15, 0.2) is 12.7 Å². The maximum Gasteiger partial charge on any atom is 0.306 e. The molecule has 0 unspecified atom stereocenters. The first kappa shape index (κ1) is 23.2. The zero-order valence-corrected chi connectivity index (χ0v) is 16.8. The van der Waals surface area contributed by atoms with Crippen LogP contribution in [0.4, 0.5) is 0 Å². The maximum absolute atomic E-state index is 12.0. The Morgan fingerprint density at radius 2 is 1.42 bits per heavy atom. The van der Waals surface area contributed by atoms with E-state index in [4.69, 9.17) is 9.47 Å². The Kier molecular flexibility index (Phi) is 12.1. The summed E-state index contributed by atoms with van der Waals surface area (Å²) in [7, 11) is 0. The van der Waals surface area contributed by atoms with Gasteiger partial charge in [-0.3, -0.25) is 4.79 Å². The fraction of sp³-hybridized carbons (Fsp3) is 0.857. The highest BCUT2D eigenvalue weighted by Gasteiger charge is 2.26. The average Bonchev–Trinajstić information content (AvgIpc) is 2.51. The second-order valence-corrected chi connectivity index (χ2v) is 7.91. The van der Waals surface area contributed by atoms with Gasteiger partial charge in [-0.25, -0.2) is 0 Å². The molecule has 0 saturated heterocycles. The Balaban J connectivity index is 3.72. The van der Waals surface area contributed by atoms with E-state index in [2.05, 4.69) is 13.5 Å². The highest BCUT2D eigenvalue weighted by atomic mass is 16.6. The molecule has 3 heteroatoms. The molecule has 24 heavy (non-hydrogen) atoms. The predicted octanol–water partition coefficient (Wildman–Crippen LogP) is 6.21. The van der Waals surface area contributed by atoms with Crippen LogP contribution < -0.4 is 0 Å². The maximum atomic E-state index is 12.0. The number of rotatable bonds is 15. The van der Waals surface area contributed by atoms with Gasteiger partial charge in [0.05, 0.1) is 12.2 Å². The van der Waals surface area contributed by atoms with E-state index in [1.54, 1.807) is 6.08 Å². The topological polar surface area (TPSA) is 35.5 Å². The lowest BCUT2D eigenvalue weighted by atomic mass is 10.1. The lowest BCUT2D eigenvalue weighted by Gasteiger charge is -2.30. The first-order valence-electron chi connectivity index (χ1n) is 9.72. The molecule has 3 nitrogen and oxygen atoms in total. The molecule has 0 rings (SSSR count). The second-order valence-electron chi connectivity index (χ2n) is 7.91. The Labute approximate surface area is 150 Å². The van der Waals surface area contributed by atoms with Gasteiger partial charge in [-0.15, -0.1) is 6.58 Å². The molecule has 0 fully saturated rings. The fourth-order valence-corrected chi connectivity index (χ4v) is 2.39. The van der Waals surface area contributed by atoms with Gasteiger partial charge in [0, 0.05) is 6.42 Å². The van der Waals surface area contributed by atoms with E-state index in [1.165, 1.54) is 44.9 Å². The first-order chi connectivity index (χ1) is 11.2. The molecule has 0 saturated carbocycles. The molecule has 0 amide bonds.